The molecule has 0 atom stereocenters. The summed E-state index contributed by atoms with van der Waals surface area (Å²) in [6.07, 6.45) is 0. The molecule has 0 aliphatic rings. The van der Waals surface area contributed by atoms with E-state index in [0.29, 0.717) is 0 Å². The zero-order valence-electron chi connectivity index (χ0n) is 23.6. The van der Waals surface area contributed by atoms with Crippen molar-refractivity contribution in [2.24, 2.45) is 0 Å². The Morgan fingerprint density at radius 3 is 0.927 bits per heavy atom. The second-order valence-corrected chi connectivity index (χ2v) is 13.2. The zero-order valence-corrected chi connectivity index (χ0v) is 25.4. The van der Waals surface area contributed by atoms with Crippen LogP contribution in [0.4, 0.5) is 5.69 Å². The van der Waals surface area contributed by atoms with Crippen LogP contribution in [-0.4, -0.2) is 28.4 Å². The van der Waals surface area contributed by atoms with Gasteiger partial charge in [0, 0.05) is 26.9 Å². The Balaban J connectivity index is 1.92. The van der Waals surface area contributed by atoms with Gasteiger partial charge in [-0.3, -0.25) is 0 Å². The maximum atomic E-state index is 5.99. The molecule has 0 bridgehead atoms. The smallest absolute Gasteiger partial charge is 0.128 e. The number of para-hydroxylation sites is 5. The van der Waals surface area contributed by atoms with E-state index < -0.39 is 16.1 Å². The van der Waals surface area contributed by atoms with Crippen molar-refractivity contribution in [1.82, 2.24) is 0 Å². The number of benzene rings is 5. The van der Waals surface area contributed by atoms with Crippen LogP contribution >= 0.6 is 16.1 Å². The van der Waals surface area contributed by atoms with Crippen LogP contribution in [0.2, 0.25) is 0 Å². The van der Waals surface area contributed by atoms with E-state index in [1.807, 2.05) is 54.6 Å². The lowest BCUT2D eigenvalue weighted by Gasteiger charge is -2.41. The first-order chi connectivity index (χ1) is 20.2. The Morgan fingerprint density at radius 2 is 0.634 bits per heavy atom. The van der Waals surface area contributed by atoms with Crippen LogP contribution in [0.5, 0.6) is 23.0 Å². The molecule has 0 aromatic heterocycles. The van der Waals surface area contributed by atoms with Gasteiger partial charge in [-0.25, -0.2) is 0 Å². The third-order valence-electron chi connectivity index (χ3n) is 6.62. The highest BCUT2D eigenvalue weighted by Gasteiger charge is 2.37. The van der Waals surface area contributed by atoms with Crippen LogP contribution in [0.3, 0.4) is 0 Å². The van der Waals surface area contributed by atoms with Crippen molar-refractivity contribution in [2.45, 2.75) is 0 Å². The van der Waals surface area contributed by atoms with Crippen LogP contribution in [-0.2, 0) is 0 Å². The molecule has 0 unspecified atom stereocenters. The fourth-order valence-corrected chi connectivity index (χ4v) is 11.1. The van der Waals surface area contributed by atoms with Crippen molar-refractivity contribution in [1.29, 1.82) is 0 Å². The molecule has 0 spiro atoms. The average molecular weight is 582 g/mol. The molecule has 0 aliphatic heterocycles. The van der Waals surface area contributed by atoms with Crippen LogP contribution in [0.25, 0.3) is 0 Å². The number of anilines is 1. The first-order valence-corrected chi connectivity index (χ1v) is 15.8. The molecule has 0 amide bonds. The maximum absolute atomic E-state index is 5.99. The van der Waals surface area contributed by atoms with Crippen LogP contribution < -0.4 is 44.6 Å². The topological polar surface area (TPSA) is 40.2 Å². The fourth-order valence-electron chi connectivity index (χ4n) is 4.77. The minimum Gasteiger partial charge on any atom is -0.496 e. The lowest BCUT2D eigenvalue weighted by Crippen LogP contribution is -2.33. The molecule has 5 nitrogen and oxygen atoms in total. The summed E-state index contributed by atoms with van der Waals surface area (Å²) in [6.45, 7) is 0. The Hall–Kier alpha value is -4.04. The molecule has 0 saturated heterocycles. The lowest BCUT2D eigenvalue weighted by atomic mass is 10.3. The average Bonchev–Trinajstić information content (AvgIpc) is 3.05. The summed E-state index contributed by atoms with van der Waals surface area (Å²) in [5.41, 5.74) is 1.07. The molecular weight excluding hydrogens is 548 g/mol. The second kappa shape index (κ2) is 13.5. The minimum absolute atomic E-state index is 0.820. The molecule has 0 heterocycles. The Labute approximate surface area is 244 Å². The second-order valence-electron chi connectivity index (χ2n) is 8.94. The molecule has 5 aromatic rings. The van der Waals surface area contributed by atoms with Gasteiger partial charge in [-0.05, 0) is 60.7 Å². The minimum atomic E-state index is -1.26. The molecule has 7 heteroatoms. The van der Waals surface area contributed by atoms with Crippen molar-refractivity contribution in [3.63, 3.8) is 0 Å². The molecule has 0 radical (unpaired) electrons. The van der Waals surface area contributed by atoms with Gasteiger partial charge in [-0.1, -0.05) is 66.7 Å². The molecule has 0 saturated carbocycles. The third kappa shape index (κ3) is 5.88. The largest absolute Gasteiger partial charge is 0.496 e. The van der Waals surface area contributed by atoms with E-state index >= 15 is 0 Å². The van der Waals surface area contributed by atoms with Crippen LogP contribution in [0.15, 0.2) is 127 Å². The highest BCUT2D eigenvalue weighted by molar-refractivity contribution is 7.91. The fraction of sp³-hybridized carbons (Fsp3) is 0.118. The van der Waals surface area contributed by atoms with E-state index in [1.54, 1.807) is 28.4 Å². The predicted molar refractivity (Wildman–Crippen MR) is 173 cm³/mol. The number of ether oxygens (including phenoxy) is 4. The van der Waals surface area contributed by atoms with Gasteiger partial charge in [-0.2, -0.15) is 0 Å². The van der Waals surface area contributed by atoms with E-state index in [2.05, 4.69) is 77.2 Å². The molecule has 5 aromatic carbocycles. The van der Waals surface area contributed by atoms with E-state index in [-0.39, 0.29) is 0 Å². The third-order valence-corrected chi connectivity index (χ3v) is 12.2. The van der Waals surface area contributed by atoms with Crippen molar-refractivity contribution < 1.29 is 18.9 Å². The Kier molecular flexibility index (Phi) is 9.41. The molecule has 41 heavy (non-hydrogen) atoms. The molecule has 0 aliphatic carbocycles. The summed E-state index contributed by atoms with van der Waals surface area (Å²) in [7, 11) is 4.38. The molecule has 208 valence electrons. The number of methoxy groups -OCH3 is 4. The molecule has 0 fully saturated rings. The van der Waals surface area contributed by atoms with Crippen molar-refractivity contribution in [2.75, 3.05) is 32.9 Å². The van der Waals surface area contributed by atoms with Crippen LogP contribution in [0.1, 0.15) is 0 Å². The van der Waals surface area contributed by atoms with Crippen molar-refractivity contribution >= 4 is 43.1 Å². The van der Waals surface area contributed by atoms with Gasteiger partial charge < -0.3 is 23.4 Å². The van der Waals surface area contributed by atoms with Crippen molar-refractivity contribution in [3.05, 3.63) is 127 Å². The van der Waals surface area contributed by atoms with Gasteiger partial charge in [0.1, 0.15) is 23.0 Å². The highest BCUT2D eigenvalue weighted by Crippen LogP contribution is 2.60. The summed E-state index contributed by atoms with van der Waals surface area (Å²) >= 11 is 0. The summed E-state index contributed by atoms with van der Waals surface area (Å²) < 4.78 is 26.5. The van der Waals surface area contributed by atoms with Crippen LogP contribution in [0, 0.1) is 0 Å². The van der Waals surface area contributed by atoms with E-state index in [0.717, 1.165) is 49.9 Å². The number of hydrogen-bond acceptors (Lipinski definition) is 5. The highest BCUT2D eigenvalue weighted by atomic mass is 31.2. The summed E-state index contributed by atoms with van der Waals surface area (Å²) in [5.74, 6) is 3.28. The summed E-state index contributed by atoms with van der Waals surface area (Å²) in [6, 6.07) is 43.6. The maximum Gasteiger partial charge on any atom is 0.128 e. The van der Waals surface area contributed by atoms with E-state index in [9.17, 15) is 0 Å². The van der Waals surface area contributed by atoms with Gasteiger partial charge in [0.2, 0.25) is 0 Å². The summed E-state index contributed by atoms with van der Waals surface area (Å²) in [4.78, 5) is 0. The number of hydrogen-bond donors (Lipinski definition) is 0. The monoisotopic (exact) mass is 581 g/mol. The van der Waals surface area contributed by atoms with Gasteiger partial charge >= 0.3 is 0 Å². The zero-order chi connectivity index (χ0) is 28.6. The normalized spacial score (nSPS) is 10.9. The van der Waals surface area contributed by atoms with Gasteiger partial charge in [0.25, 0.3) is 0 Å². The molecule has 0 N–H and O–H groups in total. The number of nitrogens with zero attached hydrogens (tertiary/aromatic N) is 1. The first kappa shape index (κ1) is 28.5. The van der Waals surface area contributed by atoms with E-state index in [1.165, 1.54) is 0 Å². The van der Waals surface area contributed by atoms with Crippen molar-refractivity contribution in [3.8, 4) is 23.0 Å². The predicted octanol–water partition coefficient (Wildman–Crippen LogP) is 6.62. The summed E-state index contributed by atoms with van der Waals surface area (Å²) in [5, 5.41) is 4.32. The number of rotatable bonds is 11. The molecule has 5 rings (SSSR count). The Bertz CT molecular complexity index is 1390. The first-order valence-electron chi connectivity index (χ1n) is 13.2. The Morgan fingerprint density at radius 1 is 0.366 bits per heavy atom. The quantitative estimate of drug-likeness (QED) is 0.164. The SMILES string of the molecule is COc1ccccc1P(c1ccccc1OC)N(c1ccccc1)P(c1ccccc1OC)c1ccccc1OC. The standard InChI is InChI=1S/C34H33NO4P2/c1-36-27-18-8-12-22-31(27)40(32-23-13-9-19-28(32)37-2)35(26-16-6-5-7-17-26)41(33-24-14-10-20-29(33)38-3)34-25-15-11-21-30(34)39-4/h5-25H,1-4H3. The van der Waals surface area contributed by atoms with Gasteiger partial charge in [0.05, 0.1) is 44.6 Å². The van der Waals surface area contributed by atoms with Gasteiger partial charge in [-0.15, -0.1) is 0 Å². The molecular formula is C34H33NO4P2. The van der Waals surface area contributed by atoms with Gasteiger partial charge in [0.15, 0.2) is 0 Å². The lowest BCUT2D eigenvalue weighted by molar-refractivity contribution is 0.417. The van der Waals surface area contributed by atoms with E-state index in [4.69, 9.17) is 18.9 Å².